The van der Waals surface area contributed by atoms with Gasteiger partial charge in [-0.25, -0.2) is 0 Å². The molecule has 1 heterocycles. The minimum Gasteiger partial charge on any atom is -0.450 e. The second kappa shape index (κ2) is 13.4. The average molecular weight is 792 g/mol. The number of hydrogen-bond donors (Lipinski definition) is 0. The summed E-state index contributed by atoms with van der Waals surface area (Å²) in [4.78, 5) is 2.29. The van der Waals surface area contributed by atoms with Gasteiger partial charge in [-0.2, -0.15) is 0 Å². The molecule has 2 aliphatic carbocycles. The lowest BCUT2D eigenvalue weighted by Crippen LogP contribution is -2.25. The van der Waals surface area contributed by atoms with Crippen LogP contribution in [0.3, 0.4) is 0 Å². The Hall–Kier alpha value is -8.14. The van der Waals surface area contributed by atoms with Crippen LogP contribution in [0.2, 0.25) is 0 Å². The van der Waals surface area contributed by atoms with Crippen LogP contribution in [-0.4, -0.2) is 0 Å². The van der Waals surface area contributed by atoms with Crippen LogP contribution >= 0.6 is 0 Å². The van der Waals surface area contributed by atoms with E-state index in [1.54, 1.807) is 0 Å². The summed E-state index contributed by atoms with van der Waals surface area (Å²) in [5, 5.41) is 2.37. The van der Waals surface area contributed by atoms with Crippen molar-refractivity contribution in [1.29, 1.82) is 0 Å². The topological polar surface area (TPSA) is 21.7 Å². The number of benzene rings is 10. The fourth-order valence-corrected chi connectivity index (χ4v) is 10.5. The fourth-order valence-electron chi connectivity index (χ4n) is 10.5. The lowest BCUT2D eigenvalue weighted by Gasteiger charge is -2.31. The van der Waals surface area contributed by atoms with Gasteiger partial charge in [-0.15, -0.1) is 0 Å². The van der Waals surface area contributed by atoms with Gasteiger partial charge in [0.15, 0.2) is 23.0 Å². The number of fused-ring (bicyclic) bond motifs is 13. The van der Waals surface area contributed by atoms with E-state index in [1.165, 1.54) is 60.8 Å². The lowest BCUT2D eigenvalue weighted by atomic mass is 9.70. The zero-order chi connectivity index (χ0) is 40.8. The zero-order valence-corrected chi connectivity index (χ0v) is 33.6. The Morgan fingerprint density at radius 3 is 1.31 bits per heavy atom. The number of para-hydroxylation sites is 2. The van der Waals surface area contributed by atoms with E-state index in [4.69, 9.17) is 9.47 Å². The van der Waals surface area contributed by atoms with Gasteiger partial charge in [-0.1, -0.05) is 164 Å². The second-order valence-corrected chi connectivity index (χ2v) is 16.4. The van der Waals surface area contributed by atoms with Crippen molar-refractivity contribution < 1.29 is 9.47 Å². The van der Waals surface area contributed by atoms with Gasteiger partial charge in [0.25, 0.3) is 0 Å². The van der Waals surface area contributed by atoms with E-state index < -0.39 is 5.41 Å². The average Bonchev–Trinajstić information content (AvgIpc) is 3.80. The number of nitrogens with zero attached hydrogens (tertiary/aromatic N) is 1. The molecule has 0 saturated carbocycles. The summed E-state index contributed by atoms with van der Waals surface area (Å²) in [6.45, 7) is 0. The van der Waals surface area contributed by atoms with Crippen LogP contribution in [0.5, 0.6) is 23.0 Å². The molecular formula is C59H37NO2. The monoisotopic (exact) mass is 791 g/mol. The predicted octanol–water partition coefficient (Wildman–Crippen LogP) is 15.9. The number of hydrogen-bond acceptors (Lipinski definition) is 3. The Bertz CT molecular complexity index is 3320. The van der Waals surface area contributed by atoms with Crippen molar-refractivity contribution in [2.75, 3.05) is 4.90 Å². The van der Waals surface area contributed by atoms with E-state index in [0.717, 1.165) is 45.3 Å². The highest BCUT2D eigenvalue weighted by atomic mass is 16.6. The molecule has 0 amide bonds. The van der Waals surface area contributed by atoms with E-state index in [1.807, 2.05) is 0 Å². The van der Waals surface area contributed by atoms with Gasteiger partial charge >= 0.3 is 0 Å². The van der Waals surface area contributed by atoms with E-state index in [-0.39, 0.29) is 0 Å². The highest BCUT2D eigenvalue weighted by Crippen LogP contribution is 2.64. The lowest BCUT2D eigenvalue weighted by molar-refractivity contribution is 0.359. The first-order valence-corrected chi connectivity index (χ1v) is 21.2. The largest absolute Gasteiger partial charge is 0.450 e. The summed E-state index contributed by atoms with van der Waals surface area (Å²) in [6.07, 6.45) is 0. The van der Waals surface area contributed by atoms with Crippen LogP contribution < -0.4 is 14.4 Å². The van der Waals surface area contributed by atoms with Crippen LogP contribution in [0.4, 0.5) is 17.1 Å². The van der Waals surface area contributed by atoms with Gasteiger partial charge in [-0.05, 0) is 138 Å². The first-order chi connectivity index (χ1) is 30.7. The minimum absolute atomic E-state index is 0.443. The Morgan fingerprint density at radius 1 is 0.274 bits per heavy atom. The van der Waals surface area contributed by atoms with Crippen molar-refractivity contribution in [3.8, 4) is 67.5 Å². The predicted molar refractivity (Wildman–Crippen MR) is 252 cm³/mol. The summed E-state index contributed by atoms with van der Waals surface area (Å²) in [6, 6.07) is 80.5. The molecule has 62 heavy (non-hydrogen) atoms. The molecule has 0 bridgehead atoms. The molecule has 13 rings (SSSR count). The summed E-state index contributed by atoms with van der Waals surface area (Å²) in [5.41, 5.74) is 17.6. The van der Waals surface area contributed by atoms with Crippen LogP contribution in [0.25, 0.3) is 55.3 Å². The molecule has 0 atom stereocenters. The van der Waals surface area contributed by atoms with Gasteiger partial charge in [0, 0.05) is 17.1 Å². The Labute approximate surface area is 360 Å². The molecule has 1 spiro atoms. The third kappa shape index (κ3) is 5.00. The molecule has 10 aromatic carbocycles. The van der Waals surface area contributed by atoms with Crippen molar-refractivity contribution in [2.45, 2.75) is 5.41 Å². The Kier molecular flexibility index (Phi) is 7.52. The van der Waals surface area contributed by atoms with Crippen molar-refractivity contribution in [1.82, 2.24) is 0 Å². The van der Waals surface area contributed by atoms with Crippen LogP contribution in [-0.2, 0) is 5.41 Å². The molecule has 0 aromatic heterocycles. The molecule has 0 radical (unpaired) electrons. The number of ether oxygens (including phenoxy) is 2. The van der Waals surface area contributed by atoms with Crippen molar-refractivity contribution >= 4 is 27.8 Å². The van der Waals surface area contributed by atoms with Gasteiger partial charge < -0.3 is 14.4 Å². The molecule has 290 valence electrons. The molecule has 3 heteroatoms. The van der Waals surface area contributed by atoms with Gasteiger partial charge in [0.1, 0.15) is 0 Å². The maximum atomic E-state index is 6.84. The smallest absolute Gasteiger partial charge is 0.170 e. The van der Waals surface area contributed by atoms with E-state index in [0.29, 0.717) is 11.5 Å². The highest BCUT2D eigenvalue weighted by Gasteiger charge is 2.52. The molecule has 10 aromatic rings. The Balaban J connectivity index is 0.865. The first kappa shape index (κ1) is 34.7. The van der Waals surface area contributed by atoms with Crippen LogP contribution in [0, 0.1) is 0 Å². The molecule has 0 saturated heterocycles. The first-order valence-electron chi connectivity index (χ1n) is 21.2. The van der Waals surface area contributed by atoms with Crippen LogP contribution in [0.1, 0.15) is 22.3 Å². The van der Waals surface area contributed by atoms with Crippen molar-refractivity contribution in [2.24, 2.45) is 0 Å². The molecule has 3 aliphatic rings. The fraction of sp³-hybridized carbons (Fsp3) is 0.0169. The summed E-state index contributed by atoms with van der Waals surface area (Å²) >= 11 is 0. The van der Waals surface area contributed by atoms with E-state index >= 15 is 0 Å². The molecule has 0 N–H and O–H groups in total. The highest BCUT2D eigenvalue weighted by molar-refractivity contribution is 6.05. The van der Waals surface area contributed by atoms with Gasteiger partial charge in [-0.3, -0.25) is 0 Å². The third-order valence-electron chi connectivity index (χ3n) is 13.1. The quantitative estimate of drug-likeness (QED) is 0.173. The zero-order valence-electron chi connectivity index (χ0n) is 33.6. The van der Waals surface area contributed by atoms with E-state index in [9.17, 15) is 0 Å². The standard InChI is InChI=1S/C59H37NO2/c1-3-15-40(16-4-1)60(41-17-5-2-6-18-41)42-30-27-38(28-31-42)43-32-33-44(46-20-8-7-19-45(43)46)39-29-34-55-56(35-39)62-57-36-50-49-23-11-14-26-53(49)59(54(50)37-58(57)61-55)51-24-12-9-21-47(51)48-22-10-13-25-52(48)59/h1-37H. The summed E-state index contributed by atoms with van der Waals surface area (Å²) < 4.78 is 13.6. The van der Waals surface area contributed by atoms with Crippen molar-refractivity contribution in [3.05, 3.63) is 247 Å². The normalized spacial score (nSPS) is 13.2. The van der Waals surface area contributed by atoms with Gasteiger partial charge in [0.05, 0.1) is 5.41 Å². The SMILES string of the molecule is c1ccc(N(c2ccccc2)c2ccc(-c3ccc(-c4ccc5c(c4)Oc4cc6c(cc4O5)C4(c5ccccc5-c5ccccc54)c4ccccc4-6)c4ccccc34)cc2)cc1. The summed E-state index contributed by atoms with van der Waals surface area (Å²) in [7, 11) is 0. The molecule has 0 fully saturated rings. The molecule has 1 aliphatic heterocycles. The minimum atomic E-state index is -0.443. The maximum absolute atomic E-state index is 6.84. The second-order valence-electron chi connectivity index (χ2n) is 16.4. The van der Waals surface area contributed by atoms with E-state index in [2.05, 4.69) is 229 Å². The third-order valence-corrected chi connectivity index (χ3v) is 13.1. The van der Waals surface area contributed by atoms with Gasteiger partial charge in [0.2, 0.25) is 0 Å². The molecule has 3 nitrogen and oxygen atoms in total. The number of rotatable bonds is 5. The molecule has 0 unspecified atom stereocenters. The maximum Gasteiger partial charge on any atom is 0.170 e. The number of anilines is 3. The molecular weight excluding hydrogens is 755 g/mol. The summed E-state index contributed by atoms with van der Waals surface area (Å²) in [5.74, 6) is 2.87. The van der Waals surface area contributed by atoms with Crippen molar-refractivity contribution in [3.63, 3.8) is 0 Å². The Morgan fingerprint density at radius 2 is 0.710 bits per heavy atom. The van der Waals surface area contributed by atoms with Crippen LogP contribution in [0.15, 0.2) is 224 Å².